The highest BCUT2D eigenvalue weighted by Crippen LogP contribution is 2.13. The molecule has 0 radical (unpaired) electrons. The number of rotatable bonds is 6. The van der Waals surface area contributed by atoms with Crippen molar-refractivity contribution in [3.8, 4) is 0 Å². The first-order valence-corrected chi connectivity index (χ1v) is 6.37. The van der Waals surface area contributed by atoms with E-state index < -0.39 is 17.0 Å². The van der Waals surface area contributed by atoms with E-state index in [4.69, 9.17) is 4.74 Å². The van der Waals surface area contributed by atoms with E-state index >= 15 is 0 Å². The second-order valence-electron chi connectivity index (χ2n) is 4.55. The molecule has 2 rings (SSSR count). The smallest absolute Gasteiger partial charge is 0.407 e. The minimum absolute atomic E-state index is 0.0123. The van der Waals surface area contributed by atoms with Crippen LogP contribution in [0.4, 0.5) is 10.5 Å². The normalized spacial score (nSPS) is 17.0. The molecule has 1 aliphatic heterocycles. The molecule has 0 aromatic heterocycles. The molecule has 1 atom stereocenters. The fraction of sp³-hybridized carbons (Fsp3) is 0.385. The minimum Gasteiger partial charge on any atom is -0.463 e. The molecule has 1 amide bonds. The zero-order valence-electron chi connectivity index (χ0n) is 11.1. The van der Waals surface area contributed by atoms with Crippen molar-refractivity contribution < 1.29 is 24.0 Å². The van der Waals surface area contributed by atoms with E-state index in [2.05, 4.69) is 10.1 Å². The molecule has 1 N–H and O–H groups in total. The van der Waals surface area contributed by atoms with Gasteiger partial charge in [0, 0.05) is 18.6 Å². The van der Waals surface area contributed by atoms with Gasteiger partial charge in [-0.05, 0) is 12.0 Å². The minimum atomic E-state index is -0.512. The van der Waals surface area contributed by atoms with E-state index in [1.54, 1.807) is 12.1 Å². The van der Waals surface area contributed by atoms with E-state index in [9.17, 15) is 19.7 Å². The number of nitrogens with zero attached hydrogens (tertiary/aromatic N) is 1. The van der Waals surface area contributed by atoms with Gasteiger partial charge in [-0.15, -0.1) is 0 Å². The lowest BCUT2D eigenvalue weighted by Gasteiger charge is -2.08. The molecule has 0 saturated carbocycles. The van der Waals surface area contributed by atoms with Crippen LogP contribution in [0.1, 0.15) is 12.0 Å². The highest BCUT2D eigenvalue weighted by atomic mass is 16.6. The van der Waals surface area contributed by atoms with Gasteiger partial charge in [-0.2, -0.15) is 0 Å². The van der Waals surface area contributed by atoms with Crippen LogP contribution in [0, 0.1) is 10.1 Å². The number of nitrogens with one attached hydrogen (secondary N) is 1. The molecule has 1 saturated heterocycles. The molecule has 1 aromatic carbocycles. The van der Waals surface area contributed by atoms with Crippen LogP contribution in [0.2, 0.25) is 0 Å². The number of carbonyl (C=O) groups is 2. The summed E-state index contributed by atoms with van der Waals surface area (Å²) in [7, 11) is 0. The number of hydrogen-bond donors (Lipinski definition) is 1. The monoisotopic (exact) mass is 294 g/mol. The van der Waals surface area contributed by atoms with Crippen LogP contribution in [0.3, 0.4) is 0 Å². The van der Waals surface area contributed by atoms with E-state index in [1.165, 1.54) is 12.1 Å². The standard InChI is InChI=1S/C13H14N2O6/c16-12(20-7-10-8-21-13(17)14-10)6-3-9-1-4-11(5-2-9)15(18)19/h1-2,4-5,10H,3,6-8H2,(H,14,17). The molecule has 112 valence electrons. The number of esters is 1. The van der Waals surface area contributed by atoms with E-state index in [-0.39, 0.29) is 31.4 Å². The number of aryl methyl sites for hydroxylation is 1. The Morgan fingerprint density at radius 2 is 2.14 bits per heavy atom. The molecule has 8 heteroatoms. The lowest BCUT2D eigenvalue weighted by Crippen LogP contribution is -2.31. The van der Waals surface area contributed by atoms with Crippen LogP contribution in [0.25, 0.3) is 0 Å². The molecule has 0 bridgehead atoms. The zero-order chi connectivity index (χ0) is 15.2. The maximum atomic E-state index is 11.5. The number of nitro benzene ring substituents is 1. The SMILES string of the molecule is O=C(CCc1ccc([N+](=O)[O-])cc1)OCC1COC(=O)N1. The Hall–Kier alpha value is -2.64. The van der Waals surface area contributed by atoms with Gasteiger partial charge in [0.15, 0.2) is 0 Å². The lowest BCUT2D eigenvalue weighted by molar-refractivity contribution is -0.384. The van der Waals surface area contributed by atoms with Gasteiger partial charge in [-0.3, -0.25) is 14.9 Å². The summed E-state index contributed by atoms with van der Waals surface area (Å²) < 4.78 is 9.68. The molecule has 21 heavy (non-hydrogen) atoms. The fourth-order valence-corrected chi connectivity index (χ4v) is 1.81. The van der Waals surface area contributed by atoms with Crippen molar-refractivity contribution in [2.24, 2.45) is 0 Å². The molecular weight excluding hydrogens is 280 g/mol. The largest absolute Gasteiger partial charge is 0.463 e. The molecule has 8 nitrogen and oxygen atoms in total. The summed E-state index contributed by atoms with van der Waals surface area (Å²) in [6.07, 6.45) is 0.0888. The predicted molar refractivity (Wildman–Crippen MR) is 70.6 cm³/mol. The van der Waals surface area contributed by atoms with E-state index in [0.29, 0.717) is 6.42 Å². The summed E-state index contributed by atoms with van der Waals surface area (Å²) in [4.78, 5) is 32.3. The van der Waals surface area contributed by atoms with Crippen molar-refractivity contribution in [2.75, 3.05) is 13.2 Å². The van der Waals surface area contributed by atoms with Gasteiger partial charge in [0.05, 0.1) is 4.92 Å². The van der Waals surface area contributed by atoms with Crippen LogP contribution < -0.4 is 5.32 Å². The van der Waals surface area contributed by atoms with Crippen LogP contribution in [0.5, 0.6) is 0 Å². The van der Waals surface area contributed by atoms with Crippen molar-refractivity contribution in [3.05, 3.63) is 39.9 Å². The molecule has 1 fully saturated rings. The number of cyclic esters (lactones) is 1. The summed E-state index contributed by atoms with van der Waals surface area (Å²) in [5.74, 6) is -0.394. The van der Waals surface area contributed by atoms with Gasteiger partial charge >= 0.3 is 12.1 Å². The Bertz CT molecular complexity index is 542. The third-order valence-electron chi connectivity index (χ3n) is 2.95. The number of amides is 1. The average Bonchev–Trinajstić information content (AvgIpc) is 2.89. The first-order valence-electron chi connectivity index (χ1n) is 6.37. The lowest BCUT2D eigenvalue weighted by atomic mass is 10.1. The van der Waals surface area contributed by atoms with Gasteiger partial charge < -0.3 is 14.8 Å². The average molecular weight is 294 g/mol. The Labute approximate surface area is 120 Å². The molecule has 1 unspecified atom stereocenters. The topological polar surface area (TPSA) is 108 Å². The molecule has 1 aliphatic rings. The van der Waals surface area contributed by atoms with Crippen LogP contribution >= 0.6 is 0 Å². The van der Waals surface area contributed by atoms with Gasteiger partial charge in [0.25, 0.3) is 5.69 Å². The summed E-state index contributed by atoms with van der Waals surface area (Å²) in [6.45, 7) is 0.263. The highest BCUT2D eigenvalue weighted by molar-refractivity contribution is 5.71. The van der Waals surface area contributed by atoms with E-state index in [1.807, 2.05) is 0 Å². The first-order chi connectivity index (χ1) is 10.0. The second-order valence-corrected chi connectivity index (χ2v) is 4.55. The Morgan fingerprint density at radius 3 is 2.71 bits per heavy atom. The second kappa shape index (κ2) is 6.69. The maximum Gasteiger partial charge on any atom is 0.407 e. The Balaban J connectivity index is 1.71. The summed E-state index contributed by atoms with van der Waals surface area (Å²) in [5, 5.41) is 13.0. The maximum absolute atomic E-state index is 11.5. The number of hydrogen-bond acceptors (Lipinski definition) is 6. The van der Waals surface area contributed by atoms with Crippen LogP contribution in [0.15, 0.2) is 24.3 Å². The zero-order valence-corrected chi connectivity index (χ0v) is 11.1. The summed E-state index contributed by atoms with van der Waals surface area (Å²) in [6, 6.07) is 5.70. The van der Waals surface area contributed by atoms with Crippen LogP contribution in [-0.2, 0) is 20.7 Å². The Morgan fingerprint density at radius 1 is 1.43 bits per heavy atom. The van der Waals surface area contributed by atoms with Crippen LogP contribution in [-0.4, -0.2) is 36.2 Å². The number of alkyl carbamates (subject to hydrolysis) is 1. The molecule has 1 aromatic rings. The van der Waals surface area contributed by atoms with Crippen molar-refractivity contribution >= 4 is 17.7 Å². The summed E-state index contributed by atoms with van der Waals surface area (Å²) in [5.41, 5.74) is 0.827. The summed E-state index contributed by atoms with van der Waals surface area (Å²) >= 11 is 0. The third-order valence-corrected chi connectivity index (χ3v) is 2.95. The van der Waals surface area contributed by atoms with Gasteiger partial charge in [0.2, 0.25) is 0 Å². The third kappa shape index (κ3) is 4.44. The van der Waals surface area contributed by atoms with Crippen molar-refractivity contribution in [2.45, 2.75) is 18.9 Å². The molecule has 0 spiro atoms. The predicted octanol–water partition coefficient (Wildman–Crippen LogP) is 1.18. The Kier molecular flexibility index (Phi) is 4.70. The number of benzene rings is 1. The van der Waals surface area contributed by atoms with Gasteiger partial charge in [-0.1, -0.05) is 12.1 Å². The molecule has 1 heterocycles. The van der Waals surface area contributed by atoms with Gasteiger partial charge in [-0.25, -0.2) is 4.79 Å². The molecule has 0 aliphatic carbocycles. The number of carbonyl (C=O) groups excluding carboxylic acids is 2. The first kappa shape index (κ1) is 14.8. The fourth-order valence-electron chi connectivity index (χ4n) is 1.81. The number of non-ortho nitro benzene ring substituents is 1. The number of nitro groups is 1. The van der Waals surface area contributed by atoms with Crippen molar-refractivity contribution in [1.29, 1.82) is 0 Å². The highest BCUT2D eigenvalue weighted by Gasteiger charge is 2.23. The van der Waals surface area contributed by atoms with Crippen molar-refractivity contribution in [3.63, 3.8) is 0 Å². The quantitative estimate of drug-likeness (QED) is 0.479. The van der Waals surface area contributed by atoms with Crippen molar-refractivity contribution in [1.82, 2.24) is 5.32 Å². The number of ether oxygens (including phenoxy) is 2. The van der Waals surface area contributed by atoms with Gasteiger partial charge in [0.1, 0.15) is 19.3 Å². The molecular formula is C13H14N2O6. The van der Waals surface area contributed by atoms with E-state index in [0.717, 1.165) is 5.56 Å².